The molecule has 0 fully saturated rings. The maximum atomic E-state index is 12.0. The standard InChI is InChI=1S/C28H28ClN5O5/c1-4-38-26(35)15-25-31-32-33-34(25)13-11-23-22-16-30-12-10-19(22)18-9-8-17(29)14-21(18)27(39-23)20-6-5-7-24(36-2)28(20)37-3/h5-10,12,14,16,23,27H,4,11,13,15H2,1-3H3. The Morgan fingerprint density at radius 3 is 2.72 bits per heavy atom. The van der Waals surface area contributed by atoms with E-state index >= 15 is 0 Å². The molecule has 39 heavy (non-hydrogen) atoms. The van der Waals surface area contributed by atoms with Crippen molar-refractivity contribution in [2.24, 2.45) is 0 Å². The lowest BCUT2D eigenvalue weighted by Crippen LogP contribution is -2.17. The van der Waals surface area contributed by atoms with Crippen LogP contribution in [-0.2, 0) is 27.2 Å². The van der Waals surface area contributed by atoms with Crippen molar-refractivity contribution in [2.45, 2.75) is 38.5 Å². The summed E-state index contributed by atoms with van der Waals surface area (Å²) in [5.41, 5.74) is 4.60. The molecule has 1 aliphatic rings. The molecule has 202 valence electrons. The van der Waals surface area contributed by atoms with E-state index in [0.29, 0.717) is 41.9 Å². The number of rotatable bonds is 9. The van der Waals surface area contributed by atoms with Crippen molar-refractivity contribution in [3.63, 3.8) is 0 Å². The van der Waals surface area contributed by atoms with Crippen LogP contribution in [0.15, 0.2) is 54.9 Å². The molecule has 2 aromatic heterocycles. The van der Waals surface area contributed by atoms with Crippen LogP contribution < -0.4 is 9.47 Å². The summed E-state index contributed by atoms with van der Waals surface area (Å²) in [5.74, 6) is 1.22. The molecule has 2 unspecified atom stereocenters. The first-order valence-electron chi connectivity index (χ1n) is 12.5. The average molecular weight is 550 g/mol. The van der Waals surface area contributed by atoms with Crippen molar-refractivity contribution in [1.82, 2.24) is 25.2 Å². The molecule has 0 amide bonds. The maximum Gasteiger partial charge on any atom is 0.313 e. The number of aryl methyl sites for hydroxylation is 1. The van der Waals surface area contributed by atoms with E-state index in [1.54, 1.807) is 32.0 Å². The van der Waals surface area contributed by atoms with E-state index in [-0.39, 0.29) is 12.4 Å². The van der Waals surface area contributed by atoms with Crippen LogP contribution in [0.2, 0.25) is 5.02 Å². The summed E-state index contributed by atoms with van der Waals surface area (Å²) < 4.78 is 24.9. The van der Waals surface area contributed by atoms with Crippen LogP contribution in [-0.4, -0.2) is 52.0 Å². The smallest absolute Gasteiger partial charge is 0.313 e. The van der Waals surface area contributed by atoms with Crippen LogP contribution in [0.3, 0.4) is 0 Å². The van der Waals surface area contributed by atoms with E-state index in [4.69, 9.17) is 30.5 Å². The van der Waals surface area contributed by atoms with Crippen LogP contribution in [0.4, 0.5) is 0 Å². The zero-order chi connectivity index (χ0) is 27.4. The van der Waals surface area contributed by atoms with Gasteiger partial charge in [-0.05, 0) is 64.7 Å². The number of ether oxygens (including phenoxy) is 4. The monoisotopic (exact) mass is 549 g/mol. The highest BCUT2D eigenvalue weighted by Crippen LogP contribution is 2.49. The number of halogens is 1. The third kappa shape index (κ3) is 5.43. The summed E-state index contributed by atoms with van der Waals surface area (Å²) in [7, 11) is 3.21. The van der Waals surface area contributed by atoms with Crippen LogP contribution in [0.25, 0.3) is 11.1 Å². The number of hydrogen-bond acceptors (Lipinski definition) is 9. The Bertz CT molecular complexity index is 1480. The van der Waals surface area contributed by atoms with Crippen molar-refractivity contribution in [3.05, 3.63) is 82.4 Å². The molecule has 0 aliphatic carbocycles. The minimum Gasteiger partial charge on any atom is -0.493 e. The largest absolute Gasteiger partial charge is 0.493 e. The van der Waals surface area contributed by atoms with Gasteiger partial charge >= 0.3 is 5.97 Å². The summed E-state index contributed by atoms with van der Waals surface area (Å²) in [4.78, 5) is 16.4. The molecular formula is C28H28ClN5O5. The Balaban J connectivity index is 1.56. The number of aromatic nitrogens is 5. The Hall–Kier alpha value is -4.02. The fourth-order valence-electron chi connectivity index (χ4n) is 4.90. The zero-order valence-electron chi connectivity index (χ0n) is 21.8. The summed E-state index contributed by atoms with van der Waals surface area (Å²) in [6.07, 6.45) is 3.14. The number of carbonyl (C=O) groups excluding carboxylic acids is 1. The Morgan fingerprint density at radius 2 is 1.92 bits per heavy atom. The highest BCUT2D eigenvalue weighted by atomic mass is 35.5. The molecule has 1 aliphatic heterocycles. The van der Waals surface area contributed by atoms with E-state index < -0.39 is 12.2 Å². The molecule has 0 spiro atoms. The van der Waals surface area contributed by atoms with Gasteiger partial charge in [-0.1, -0.05) is 29.8 Å². The maximum absolute atomic E-state index is 12.0. The number of nitrogens with zero attached hydrogens (tertiary/aromatic N) is 5. The van der Waals surface area contributed by atoms with Crippen molar-refractivity contribution >= 4 is 17.6 Å². The Kier molecular flexibility index (Phi) is 8.04. The normalized spacial score (nSPS) is 16.1. The molecule has 4 aromatic rings. The lowest BCUT2D eigenvalue weighted by atomic mass is 9.91. The number of methoxy groups -OCH3 is 2. The van der Waals surface area contributed by atoms with Gasteiger partial charge in [-0.25, -0.2) is 4.68 Å². The van der Waals surface area contributed by atoms with Gasteiger partial charge in [-0.15, -0.1) is 5.10 Å². The van der Waals surface area contributed by atoms with E-state index in [2.05, 4.69) is 20.5 Å². The minimum absolute atomic E-state index is 0.0158. The fraction of sp³-hybridized carbons (Fsp3) is 0.321. The van der Waals surface area contributed by atoms with Crippen LogP contribution in [0.1, 0.15) is 48.1 Å². The van der Waals surface area contributed by atoms with Gasteiger partial charge in [0.25, 0.3) is 0 Å². The topological polar surface area (TPSA) is 110 Å². The lowest BCUT2D eigenvalue weighted by molar-refractivity contribution is -0.142. The highest BCUT2D eigenvalue weighted by Gasteiger charge is 2.33. The zero-order valence-corrected chi connectivity index (χ0v) is 22.6. The third-order valence-corrected chi connectivity index (χ3v) is 6.85. The van der Waals surface area contributed by atoms with Crippen LogP contribution >= 0.6 is 11.6 Å². The van der Waals surface area contributed by atoms with Crippen LogP contribution in [0, 0.1) is 0 Å². The molecule has 0 saturated heterocycles. The first-order chi connectivity index (χ1) is 19.0. The van der Waals surface area contributed by atoms with Gasteiger partial charge in [0, 0.05) is 35.1 Å². The molecule has 0 saturated carbocycles. The number of benzene rings is 2. The van der Waals surface area contributed by atoms with Crippen molar-refractivity contribution in [3.8, 4) is 22.6 Å². The predicted molar refractivity (Wildman–Crippen MR) is 143 cm³/mol. The first kappa shape index (κ1) is 26.6. The molecule has 11 heteroatoms. The fourth-order valence-corrected chi connectivity index (χ4v) is 5.08. The van der Waals surface area contributed by atoms with Crippen molar-refractivity contribution in [1.29, 1.82) is 0 Å². The second-order valence-electron chi connectivity index (χ2n) is 8.87. The van der Waals surface area contributed by atoms with Gasteiger partial charge in [0.05, 0.1) is 26.9 Å². The molecule has 0 N–H and O–H groups in total. The SMILES string of the molecule is CCOC(=O)Cc1nnnn1CCC1OC(c2cccc(OC)c2OC)c2cc(Cl)ccc2-c2ccncc21. The lowest BCUT2D eigenvalue weighted by Gasteiger charge is -2.26. The number of esters is 1. The van der Waals surface area contributed by atoms with Crippen molar-refractivity contribution < 1.29 is 23.7 Å². The second-order valence-corrected chi connectivity index (χ2v) is 9.31. The van der Waals surface area contributed by atoms with Gasteiger partial charge < -0.3 is 18.9 Å². The molecule has 0 radical (unpaired) electrons. The quantitative estimate of drug-likeness (QED) is 0.273. The molecule has 5 rings (SSSR count). The van der Waals surface area contributed by atoms with E-state index in [9.17, 15) is 4.79 Å². The number of tetrazole rings is 1. The van der Waals surface area contributed by atoms with Gasteiger partial charge in [0.2, 0.25) is 0 Å². The summed E-state index contributed by atoms with van der Waals surface area (Å²) in [5, 5.41) is 12.5. The van der Waals surface area contributed by atoms with Gasteiger partial charge in [-0.2, -0.15) is 0 Å². The highest BCUT2D eigenvalue weighted by molar-refractivity contribution is 6.30. The third-order valence-electron chi connectivity index (χ3n) is 6.62. The number of fused-ring (bicyclic) bond motifs is 3. The van der Waals surface area contributed by atoms with Gasteiger partial charge in [0.1, 0.15) is 12.5 Å². The summed E-state index contributed by atoms with van der Waals surface area (Å²) in [6, 6.07) is 13.5. The second kappa shape index (κ2) is 11.8. The predicted octanol–water partition coefficient (Wildman–Crippen LogP) is 4.76. The minimum atomic E-state index is -0.533. The molecule has 0 bridgehead atoms. The first-order valence-corrected chi connectivity index (χ1v) is 12.9. The van der Waals surface area contributed by atoms with Gasteiger partial charge in [0.15, 0.2) is 17.3 Å². The molecule has 2 atom stereocenters. The summed E-state index contributed by atoms with van der Waals surface area (Å²) >= 11 is 6.50. The Labute approximate surface area is 230 Å². The van der Waals surface area contributed by atoms with E-state index in [1.165, 1.54) is 0 Å². The summed E-state index contributed by atoms with van der Waals surface area (Å²) in [6.45, 7) is 2.45. The number of carbonyl (C=O) groups is 1. The van der Waals surface area contributed by atoms with E-state index in [1.807, 2.05) is 48.7 Å². The van der Waals surface area contributed by atoms with Crippen molar-refractivity contribution in [2.75, 3.05) is 20.8 Å². The average Bonchev–Trinajstić information content (AvgIpc) is 3.34. The molecular weight excluding hydrogens is 522 g/mol. The van der Waals surface area contributed by atoms with Crippen LogP contribution in [0.5, 0.6) is 11.5 Å². The number of pyridine rings is 1. The molecule has 10 nitrogen and oxygen atoms in total. The molecule has 2 aromatic carbocycles. The molecule has 3 heterocycles. The van der Waals surface area contributed by atoms with E-state index in [0.717, 1.165) is 27.8 Å². The Morgan fingerprint density at radius 1 is 1.08 bits per heavy atom. The van der Waals surface area contributed by atoms with Gasteiger partial charge in [-0.3, -0.25) is 9.78 Å². The number of hydrogen-bond donors (Lipinski definition) is 0. The number of para-hydroxylation sites is 1.